The summed E-state index contributed by atoms with van der Waals surface area (Å²) in [4.78, 5) is 2.60. The second-order valence-electron chi connectivity index (χ2n) is 6.32. The molecule has 3 aliphatic heterocycles. The van der Waals surface area contributed by atoms with Gasteiger partial charge in [-0.1, -0.05) is 0 Å². The fourth-order valence-corrected chi connectivity index (χ4v) is 4.01. The van der Waals surface area contributed by atoms with E-state index in [1.165, 1.54) is 37.9 Å². The molecule has 0 N–H and O–H groups in total. The quantitative estimate of drug-likeness (QED) is 0.853. The van der Waals surface area contributed by atoms with Gasteiger partial charge in [-0.2, -0.15) is 0 Å². The summed E-state index contributed by atoms with van der Waals surface area (Å²) in [5.74, 6) is 3.01. The molecule has 3 fully saturated rings. The summed E-state index contributed by atoms with van der Waals surface area (Å²) in [6.07, 6.45) is 3.88. The number of ether oxygens (including phenoxy) is 3. The molecule has 0 aliphatic carbocycles. The fraction of sp³-hybridized carbons (Fsp3) is 0.647. The normalized spacial score (nSPS) is 31.0. The van der Waals surface area contributed by atoms with Crippen molar-refractivity contribution in [1.29, 1.82) is 0 Å². The summed E-state index contributed by atoms with van der Waals surface area (Å²) < 4.78 is 16.5. The lowest BCUT2D eigenvalue weighted by molar-refractivity contribution is -0.0216. The van der Waals surface area contributed by atoms with Gasteiger partial charge in [0.1, 0.15) is 0 Å². The Kier molecular flexibility index (Phi) is 3.74. The van der Waals surface area contributed by atoms with E-state index >= 15 is 0 Å². The first kappa shape index (κ1) is 14.5. The van der Waals surface area contributed by atoms with Gasteiger partial charge in [-0.05, 0) is 62.9 Å². The monoisotopic (exact) mass is 291 g/mol. The summed E-state index contributed by atoms with van der Waals surface area (Å²) in [7, 11) is 5.00. The first-order valence-corrected chi connectivity index (χ1v) is 7.68. The number of methoxy groups -OCH3 is 3. The van der Waals surface area contributed by atoms with Crippen LogP contribution in [0, 0.1) is 5.92 Å². The maximum atomic E-state index is 5.51. The van der Waals surface area contributed by atoms with Crippen molar-refractivity contribution < 1.29 is 14.2 Å². The molecule has 0 spiro atoms. The molecular weight excluding hydrogens is 266 g/mol. The van der Waals surface area contributed by atoms with Crippen molar-refractivity contribution in [2.45, 2.75) is 31.7 Å². The van der Waals surface area contributed by atoms with Crippen molar-refractivity contribution in [3.63, 3.8) is 0 Å². The third-order valence-electron chi connectivity index (χ3n) is 5.29. The predicted molar refractivity (Wildman–Crippen MR) is 82.4 cm³/mol. The van der Waals surface area contributed by atoms with Gasteiger partial charge in [0.15, 0.2) is 11.5 Å². The van der Waals surface area contributed by atoms with Crippen LogP contribution in [0.2, 0.25) is 0 Å². The number of piperidine rings is 3. The summed E-state index contributed by atoms with van der Waals surface area (Å²) in [5, 5.41) is 0. The van der Waals surface area contributed by atoms with Crippen LogP contribution in [-0.2, 0) is 5.54 Å². The van der Waals surface area contributed by atoms with E-state index in [0.717, 1.165) is 17.4 Å². The molecule has 0 aromatic heterocycles. The van der Waals surface area contributed by atoms with Crippen LogP contribution in [-0.4, -0.2) is 39.3 Å². The molecule has 4 rings (SSSR count). The van der Waals surface area contributed by atoms with Crippen molar-refractivity contribution in [2.24, 2.45) is 5.92 Å². The molecule has 116 valence electrons. The highest BCUT2D eigenvalue weighted by Gasteiger charge is 2.44. The molecule has 1 atom stereocenters. The maximum absolute atomic E-state index is 5.51. The highest BCUT2D eigenvalue weighted by molar-refractivity contribution is 5.55. The van der Waals surface area contributed by atoms with E-state index in [1.54, 1.807) is 21.3 Å². The van der Waals surface area contributed by atoms with Crippen molar-refractivity contribution in [3.05, 3.63) is 17.7 Å². The van der Waals surface area contributed by atoms with E-state index in [0.29, 0.717) is 5.75 Å². The van der Waals surface area contributed by atoms with Crippen LogP contribution in [0.5, 0.6) is 17.2 Å². The van der Waals surface area contributed by atoms with E-state index in [-0.39, 0.29) is 5.54 Å². The Morgan fingerprint density at radius 2 is 1.57 bits per heavy atom. The van der Waals surface area contributed by atoms with Gasteiger partial charge in [-0.15, -0.1) is 0 Å². The van der Waals surface area contributed by atoms with Crippen LogP contribution >= 0.6 is 0 Å². The maximum Gasteiger partial charge on any atom is 0.203 e. The minimum absolute atomic E-state index is 0.0774. The molecule has 0 radical (unpaired) electrons. The molecular formula is C17H25NO3. The van der Waals surface area contributed by atoms with E-state index in [1.807, 2.05) is 0 Å². The van der Waals surface area contributed by atoms with Crippen LogP contribution < -0.4 is 14.2 Å². The first-order valence-electron chi connectivity index (χ1n) is 7.68. The Hall–Kier alpha value is -1.42. The number of rotatable bonds is 4. The van der Waals surface area contributed by atoms with Crippen molar-refractivity contribution in [2.75, 3.05) is 34.4 Å². The molecule has 21 heavy (non-hydrogen) atoms. The third kappa shape index (κ3) is 2.26. The molecule has 3 aliphatic rings. The van der Waals surface area contributed by atoms with E-state index in [2.05, 4.69) is 24.0 Å². The lowest BCUT2D eigenvalue weighted by atomic mass is 9.72. The van der Waals surface area contributed by atoms with Crippen LogP contribution in [0.1, 0.15) is 31.7 Å². The molecule has 4 heteroatoms. The van der Waals surface area contributed by atoms with Crippen LogP contribution in [0.3, 0.4) is 0 Å². The Morgan fingerprint density at radius 1 is 1.00 bits per heavy atom. The number of hydrogen-bond donors (Lipinski definition) is 0. The van der Waals surface area contributed by atoms with Gasteiger partial charge in [0.2, 0.25) is 5.75 Å². The van der Waals surface area contributed by atoms with E-state index < -0.39 is 0 Å². The number of fused-ring (bicyclic) bond motifs is 3. The first-order chi connectivity index (χ1) is 10.1. The molecule has 1 aromatic carbocycles. The third-order valence-corrected chi connectivity index (χ3v) is 5.29. The molecule has 1 aromatic rings. The second kappa shape index (κ2) is 5.41. The zero-order chi connectivity index (χ0) is 15.0. The topological polar surface area (TPSA) is 30.9 Å². The average molecular weight is 291 g/mol. The minimum atomic E-state index is 0.0774. The molecule has 3 heterocycles. The van der Waals surface area contributed by atoms with Crippen molar-refractivity contribution in [1.82, 2.24) is 4.90 Å². The predicted octanol–water partition coefficient (Wildman–Crippen LogP) is 3.04. The summed E-state index contributed by atoms with van der Waals surface area (Å²) >= 11 is 0. The van der Waals surface area contributed by atoms with Gasteiger partial charge in [-0.25, -0.2) is 0 Å². The smallest absolute Gasteiger partial charge is 0.203 e. The highest BCUT2D eigenvalue weighted by Crippen LogP contribution is 2.49. The average Bonchev–Trinajstić information content (AvgIpc) is 2.54. The SMILES string of the molecule is COc1cc(C2(C)CC3CCN2CC3)cc(OC)c1OC. The molecule has 1 unspecified atom stereocenters. The minimum Gasteiger partial charge on any atom is -0.493 e. The largest absolute Gasteiger partial charge is 0.493 e. The Balaban J connectivity index is 2.06. The Bertz CT molecular complexity index is 498. The standard InChI is InChI=1S/C17H25NO3/c1-17(11-12-5-7-18(17)8-6-12)13-9-14(19-2)16(21-4)15(10-13)20-3/h9-10,12H,5-8,11H2,1-4H3. The molecule has 3 saturated heterocycles. The summed E-state index contributed by atoms with van der Waals surface area (Å²) in [5.41, 5.74) is 1.34. The highest BCUT2D eigenvalue weighted by atomic mass is 16.5. The van der Waals surface area contributed by atoms with Gasteiger partial charge >= 0.3 is 0 Å². The van der Waals surface area contributed by atoms with Crippen molar-refractivity contribution >= 4 is 0 Å². The Morgan fingerprint density at radius 3 is 1.95 bits per heavy atom. The van der Waals surface area contributed by atoms with Crippen molar-refractivity contribution in [3.8, 4) is 17.2 Å². The Labute approximate surface area is 127 Å². The zero-order valence-corrected chi connectivity index (χ0v) is 13.4. The van der Waals surface area contributed by atoms with Gasteiger partial charge in [0, 0.05) is 5.54 Å². The lowest BCUT2D eigenvalue weighted by Gasteiger charge is -2.53. The summed E-state index contributed by atoms with van der Waals surface area (Å²) in [6.45, 7) is 4.73. The van der Waals surface area contributed by atoms with Gasteiger partial charge in [-0.3, -0.25) is 4.90 Å². The molecule has 0 amide bonds. The number of benzene rings is 1. The molecule has 4 nitrogen and oxygen atoms in total. The van der Waals surface area contributed by atoms with E-state index in [9.17, 15) is 0 Å². The van der Waals surface area contributed by atoms with Gasteiger partial charge in [0.25, 0.3) is 0 Å². The zero-order valence-electron chi connectivity index (χ0n) is 13.4. The molecule has 2 bridgehead atoms. The second-order valence-corrected chi connectivity index (χ2v) is 6.32. The van der Waals surface area contributed by atoms with Crippen LogP contribution in [0.15, 0.2) is 12.1 Å². The van der Waals surface area contributed by atoms with Crippen LogP contribution in [0.25, 0.3) is 0 Å². The van der Waals surface area contributed by atoms with Gasteiger partial charge < -0.3 is 14.2 Å². The summed E-state index contributed by atoms with van der Waals surface area (Å²) in [6, 6.07) is 4.23. The fourth-order valence-electron chi connectivity index (χ4n) is 4.01. The molecule has 0 saturated carbocycles. The lowest BCUT2D eigenvalue weighted by Crippen LogP contribution is -2.54. The number of nitrogens with zero attached hydrogens (tertiary/aromatic N) is 1. The van der Waals surface area contributed by atoms with Gasteiger partial charge in [0.05, 0.1) is 21.3 Å². The number of hydrogen-bond acceptors (Lipinski definition) is 4. The van der Waals surface area contributed by atoms with E-state index in [4.69, 9.17) is 14.2 Å². The van der Waals surface area contributed by atoms with Crippen LogP contribution in [0.4, 0.5) is 0 Å².